The lowest BCUT2D eigenvalue weighted by Crippen LogP contribution is -2.24. The van der Waals surface area contributed by atoms with E-state index in [-0.39, 0.29) is 0 Å². The second-order valence-electron chi connectivity index (χ2n) is 3.98. The van der Waals surface area contributed by atoms with Crippen LogP contribution in [-0.4, -0.2) is 51.1 Å². The highest BCUT2D eigenvalue weighted by molar-refractivity contribution is 5.46. The molecule has 5 heteroatoms. The zero-order valence-corrected chi connectivity index (χ0v) is 10.7. The highest BCUT2D eigenvalue weighted by atomic mass is 16.5. The van der Waals surface area contributed by atoms with Crippen molar-refractivity contribution < 1.29 is 14.3 Å². The predicted molar refractivity (Wildman–Crippen MR) is 66.7 cm³/mol. The third-order valence-corrected chi connectivity index (χ3v) is 2.55. The predicted octanol–water partition coefficient (Wildman–Crippen LogP) is 0.788. The van der Waals surface area contributed by atoms with Crippen LogP contribution in [0.25, 0.3) is 0 Å². The van der Waals surface area contributed by atoms with Crippen LogP contribution >= 0.6 is 0 Å². The van der Waals surface area contributed by atoms with Crippen LogP contribution in [-0.2, 0) is 14.3 Å². The molecule has 0 radical (unpaired) electrons. The van der Waals surface area contributed by atoms with Crippen molar-refractivity contribution in [2.75, 3.05) is 33.3 Å². The van der Waals surface area contributed by atoms with Gasteiger partial charge in [0.15, 0.2) is 0 Å². The third-order valence-electron chi connectivity index (χ3n) is 2.55. The van der Waals surface area contributed by atoms with Gasteiger partial charge in [-0.05, 0) is 39.3 Å². The first-order valence-corrected chi connectivity index (χ1v) is 6.24. The van der Waals surface area contributed by atoms with Gasteiger partial charge in [-0.25, -0.2) is 0 Å². The zero-order valence-electron chi connectivity index (χ0n) is 10.7. The van der Waals surface area contributed by atoms with Crippen LogP contribution in [0.5, 0.6) is 0 Å². The lowest BCUT2D eigenvalue weighted by molar-refractivity contribution is -0.129. The van der Waals surface area contributed by atoms with E-state index in [1.807, 2.05) is 7.05 Å². The molecule has 0 aliphatic rings. The SMILES string of the molecule is CNCCCCCN(C=O)CCCCOC=O. The Labute approximate surface area is 103 Å². The maximum absolute atomic E-state index is 10.8. The van der Waals surface area contributed by atoms with E-state index in [0.29, 0.717) is 13.1 Å². The molecule has 0 aromatic heterocycles. The molecule has 1 N–H and O–H groups in total. The van der Waals surface area contributed by atoms with Crippen molar-refractivity contribution in [2.45, 2.75) is 32.1 Å². The standard InChI is InChI=1S/C12H24N2O3/c1-13-7-3-2-4-8-14(11-15)9-5-6-10-17-12-16/h11-13H,2-10H2,1H3. The summed E-state index contributed by atoms with van der Waals surface area (Å²) in [5.41, 5.74) is 0. The van der Waals surface area contributed by atoms with Crippen molar-refractivity contribution in [1.82, 2.24) is 10.2 Å². The second-order valence-corrected chi connectivity index (χ2v) is 3.98. The normalized spacial score (nSPS) is 9.94. The fourth-order valence-electron chi connectivity index (χ4n) is 1.56. The Balaban J connectivity index is 3.36. The minimum atomic E-state index is 0.443. The van der Waals surface area contributed by atoms with E-state index in [9.17, 15) is 9.59 Å². The van der Waals surface area contributed by atoms with Crippen molar-refractivity contribution in [1.29, 1.82) is 0 Å². The van der Waals surface area contributed by atoms with E-state index >= 15 is 0 Å². The minimum absolute atomic E-state index is 0.443. The Morgan fingerprint density at radius 2 is 1.76 bits per heavy atom. The first-order chi connectivity index (χ1) is 8.35. The summed E-state index contributed by atoms with van der Waals surface area (Å²) in [7, 11) is 1.94. The van der Waals surface area contributed by atoms with Gasteiger partial charge in [0, 0.05) is 13.1 Å². The molecule has 0 fully saturated rings. The van der Waals surface area contributed by atoms with Gasteiger partial charge < -0.3 is 15.0 Å². The first kappa shape index (κ1) is 15.9. The van der Waals surface area contributed by atoms with Crippen molar-refractivity contribution in [2.24, 2.45) is 0 Å². The van der Waals surface area contributed by atoms with Crippen molar-refractivity contribution >= 4 is 12.9 Å². The van der Waals surface area contributed by atoms with Crippen molar-refractivity contribution in [3.8, 4) is 0 Å². The topological polar surface area (TPSA) is 58.6 Å². The smallest absolute Gasteiger partial charge is 0.293 e. The molecular formula is C12H24N2O3. The molecule has 0 aromatic carbocycles. The average molecular weight is 244 g/mol. The summed E-state index contributed by atoms with van der Waals surface area (Å²) in [4.78, 5) is 22.5. The van der Waals surface area contributed by atoms with Crippen LogP contribution in [0.4, 0.5) is 0 Å². The number of carbonyl (C=O) groups excluding carboxylic acids is 2. The molecule has 0 aliphatic carbocycles. The maximum Gasteiger partial charge on any atom is 0.293 e. The monoisotopic (exact) mass is 244 g/mol. The molecular weight excluding hydrogens is 220 g/mol. The van der Waals surface area contributed by atoms with E-state index < -0.39 is 0 Å². The highest BCUT2D eigenvalue weighted by Gasteiger charge is 2.00. The minimum Gasteiger partial charge on any atom is -0.468 e. The fraction of sp³-hybridized carbons (Fsp3) is 0.833. The van der Waals surface area contributed by atoms with E-state index in [0.717, 1.165) is 58.1 Å². The summed E-state index contributed by atoms with van der Waals surface area (Å²) in [5, 5.41) is 3.10. The molecule has 1 amide bonds. The summed E-state index contributed by atoms with van der Waals surface area (Å²) in [6, 6.07) is 0. The summed E-state index contributed by atoms with van der Waals surface area (Å²) in [6.45, 7) is 3.50. The molecule has 0 atom stereocenters. The number of nitrogens with zero attached hydrogens (tertiary/aromatic N) is 1. The summed E-state index contributed by atoms with van der Waals surface area (Å²) in [6.07, 6.45) is 5.92. The van der Waals surface area contributed by atoms with Gasteiger partial charge >= 0.3 is 0 Å². The molecule has 0 bridgehead atoms. The van der Waals surface area contributed by atoms with Crippen molar-refractivity contribution in [3.63, 3.8) is 0 Å². The Hall–Kier alpha value is -1.10. The molecule has 0 aliphatic heterocycles. The quantitative estimate of drug-likeness (QED) is 0.384. The molecule has 0 saturated heterocycles. The number of hydrogen-bond acceptors (Lipinski definition) is 4. The van der Waals surface area contributed by atoms with Crippen LogP contribution in [0.2, 0.25) is 0 Å². The average Bonchev–Trinajstić information content (AvgIpc) is 2.36. The van der Waals surface area contributed by atoms with Gasteiger partial charge in [-0.3, -0.25) is 9.59 Å². The van der Waals surface area contributed by atoms with Gasteiger partial charge in [0.25, 0.3) is 6.47 Å². The number of hydrogen-bond donors (Lipinski definition) is 1. The Morgan fingerprint density at radius 3 is 2.35 bits per heavy atom. The molecule has 0 unspecified atom stereocenters. The summed E-state index contributed by atoms with van der Waals surface area (Å²) >= 11 is 0. The Morgan fingerprint density at radius 1 is 1.06 bits per heavy atom. The van der Waals surface area contributed by atoms with Gasteiger partial charge in [-0.2, -0.15) is 0 Å². The summed E-state index contributed by atoms with van der Waals surface area (Å²) < 4.78 is 4.58. The van der Waals surface area contributed by atoms with Crippen molar-refractivity contribution in [3.05, 3.63) is 0 Å². The largest absolute Gasteiger partial charge is 0.468 e. The van der Waals surface area contributed by atoms with E-state index in [1.54, 1.807) is 4.90 Å². The molecule has 0 heterocycles. The zero-order chi connectivity index (χ0) is 12.8. The van der Waals surface area contributed by atoms with Crippen LogP contribution in [0.1, 0.15) is 32.1 Å². The van der Waals surface area contributed by atoms with Gasteiger partial charge in [0.2, 0.25) is 6.41 Å². The second kappa shape index (κ2) is 13.0. The van der Waals surface area contributed by atoms with E-state index in [1.165, 1.54) is 0 Å². The number of carbonyl (C=O) groups is 2. The van der Waals surface area contributed by atoms with E-state index in [4.69, 9.17) is 0 Å². The molecule has 0 rings (SSSR count). The van der Waals surface area contributed by atoms with Crippen LogP contribution in [0.15, 0.2) is 0 Å². The summed E-state index contributed by atoms with van der Waals surface area (Å²) in [5.74, 6) is 0. The van der Waals surface area contributed by atoms with Crippen LogP contribution < -0.4 is 5.32 Å². The number of rotatable bonds is 13. The van der Waals surface area contributed by atoms with Crippen LogP contribution in [0.3, 0.4) is 0 Å². The maximum atomic E-state index is 10.8. The van der Waals surface area contributed by atoms with Crippen LogP contribution in [0, 0.1) is 0 Å². The van der Waals surface area contributed by atoms with Gasteiger partial charge in [-0.1, -0.05) is 6.42 Å². The highest BCUT2D eigenvalue weighted by Crippen LogP contribution is 1.99. The Kier molecular flexibility index (Phi) is 12.1. The number of unbranched alkanes of at least 4 members (excludes halogenated alkanes) is 3. The molecule has 100 valence electrons. The van der Waals surface area contributed by atoms with E-state index in [2.05, 4.69) is 10.1 Å². The first-order valence-electron chi connectivity index (χ1n) is 6.24. The van der Waals surface area contributed by atoms with Gasteiger partial charge in [0.1, 0.15) is 0 Å². The fourth-order valence-corrected chi connectivity index (χ4v) is 1.56. The lowest BCUT2D eigenvalue weighted by Gasteiger charge is -2.16. The number of ether oxygens (including phenoxy) is 1. The molecule has 0 saturated carbocycles. The third kappa shape index (κ3) is 11.2. The van der Waals surface area contributed by atoms with Gasteiger partial charge in [0.05, 0.1) is 6.61 Å². The molecule has 0 spiro atoms. The molecule has 17 heavy (non-hydrogen) atoms. The van der Waals surface area contributed by atoms with Gasteiger partial charge in [-0.15, -0.1) is 0 Å². The molecule has 0 aromatic rings. The number of nitrogens with one attached hydrogen (secondary N) is 1. The molecule has 5 nitrogen and oxygen atoms in total. The number of amides is 1. The lowest BCUT2D eigenvalue weighted by atomic mass is 10.2. The Bertz CT molecular complexity index is 189.